The second-order valence-electron chi connectivity index (χ2n) is 4.56. The molecular formula is C16H14N2O2. The fourth-order valence-corrected chi connectivity index (χ4v) is 2.21. The Morgan fingerprint density at radius 1 is 1.10 bits per heavy atom. The number of esters is 1. The number of aryl methyl sites for hydroxylation is 1. The van der Waals surface area contributed by atoms with E-state index in [-0.39, 0.29) is 5.97 Å². The molecule has 1 aromatic carbocycles. The van der Waals surface area contributed by atoms with Gasteiger partial charge < -0.3 is 4.74 Å². The van der Waals surface area contributed by atoms with Crippen LogP contribution < -0.4 is 0 Å². The molecule has 3 rings (SSSR count). The van der Waals surface area contributed by atoms with Crippen LogP contribution in [0.4, 0.5) is 0 Å². The maximum Gasteiger partial charge on any atom is 0.340 e. The first-order valence-electron chi connectivity index (χ1n) is 6.53. The second-order valence-corrected chi connectivity index (χ2v) is 4.56. The van der Waals surface area contributed by atoms with Crippen molar-refractivity contribution in [2.45, 2.75) is 13.8 Å². The van der Waals surface area contributed by atoms with E-state index < -0.39 is 0 Å². The zero-order valence-electron chi connectivity index (χ0n) is 11.4. The van der Waals surface area contributed by atoms with Crippen LogP contribution in [0.25, 0.3) is 21.9 Å². The highest BCUT2D eigenvalue weighted by atomic mass is 16.5. The Kier molecular flexibility index (Phi) is 3.06. The van der Waals surface area contributed by atoms with Gasteiger partial charge in [0.15, 0.2) is 0 Å². The average Bonchev–Trinajstić information content (AvgIpc) is 2.44. The van der Waals surface area contributed by atoms with Gasteiger partial charge in [-0.05, 0) is 32.0 Å². The van der Waals surface area contributed by atoms with Crippen LogP contribution in [0, 0.1) is 6.92 Å². The fraction of sp³-hybridized carbons (Fsp3) is 0.188. The number of pyridine rings is 2. The number of fused-ring (bicyclic) bond motifs is 2. The van der Waals surface area contributed by atoms with Crippen LogP contribution in [0.3, 0.4) is 0 Å². The predicted octanol–water partition coefficient (Wildman–Crippen LogP) is 3.27. The van der Waals surface area contributed by atoms with Gasteiger partial charge in [-0.1, -0.05) is 18.2 Å². The van der Waals surface area contributed by atoms with E-state index in [9.17, 15) is 4.79 Å². The Morgan fingerprint density at radius 2 is 1.85 bits per heavy atom. The first kappa shape index (κ1) is 12.5. The van der Waals surface area contributed by atoms with Crippen molar-refractivity contribution < 1.29 is 9.53 Å². The molecule has 4 nitrogen and oxygen atoms in total. The molecule has 0 saturated carbocycles. The van der Waals surface area contributed by atoms with Crippen molar-refractivity contribution in [3.63, 3.8) is 0 Å². The van der Waals surface area contributed by atoms with Gasteiger partial charge in [-0.15, -0.1) is 0 Å². The monoisotopic (exact) mass is 266 g/mol. The number of rotatable bonds is 2. The first-order valence-corrected chi connectivity index (χ1v) is 6.53. The number of benzene rings is 1. The molecule has 100 valence electrons. The lowest BCUT2D eigenvalue weighted by Gasteiger charge is -2.07. The zero-order chi connectivity index (χ0) is 14.1. The molecule has 0 saturated heterocycles. The lowest BCUT2D eigenvalue weighted by Crippen LogP contribution is -2.08. The largest absolute Gasteiger partial charge is 0.462 e. The molecule has 0 unspecified atom stereocenters. The summed E-state index contributed by atoms with van der Waals surface area (Å²) in [5.41, 5.74) is 3.52. The van der Waals surface area contributed by atoms with E-state index >= 15 is 0 Å². The summed E-state index contributed by atoms with van der Waals surface area (Å²) in [6.07, 6.45) is 0. The number of hydrogen-bond donors (Lipinski definition) is 0. The third-order valence-corrected chi connectivity index (χ3v) is 3.19. The summed E-state index contributed by atoms with van der Waals surface area (Å²) in [7, 11) is 0. The number of ether oxygens (including phenoxy) is 1. The second kappa shape index (κ2) is 4.89. The van der Waals surface area contributed by atoms with E-state index in [4.69, 9.17) is 4.74 Å². The van der Waals surface area contributed by atoms with Gasteiger partial charge in [0.1, 0.15) is 0 Å². The van der Waals surface area contributed by atoms with Gasteiger partial charge in [-0.3, -0.25) is 4.98 Å². The van der Waals surface area contributed by atoms with Crippen LogP contribution >= 0.6 is 0 Å². The van der Waals surface area contributed by atoms with Crippen LogP contribution in [0.15, 0.2) is 36.4 Å². The van der Waals surface area contributed by atoms with Crippen LogP contribution in [-0.2, 0) is 4.74 Å². The number of aromatic nitrogens is 2. The van der Waals surface area contributed by atoms with Gasteiger partial charge >= 0.3 is 5.97 Å². The molecule has 0 atom stereocenters. The molecule has 0 N–H and O–H groups in total. The molecule has 0 bridgehead atoms. The van der Waals surface area contributed by atoms with Gasteiger partial charge in [0, 0.05) is 5.39 Å². The van der Waals surface area contributed by atoms with Crippen LogP contribution in [0.2, 0.25) is 0 Å². The van der Waals surface area contributed by atoms with Crippen molar-refractivity contribution >= 4 is 27.9 Å². The van der Waals surface area contributed by atoms with E-state index in [1.807, 2.05) is 30.3 Å². The average molecular weight is 266 g/mol. The van der Waals surface area contributed by atoms with E-state index in [2.05, 4.69) is 9.97 Å². The molecular weight excluding hydrogens is 252 g/mol. The molecule has 0 aliphatic heterocycles. The van der Waals surface area contributed by atoms with Gasteiger partial charge in [0.25, 0.3) is 0 Å². The molecule has 0 radical (unpaired) electrons. The predicted molar refractivity (Wildman–Crippen MR) is 77.7 cm³/mol. The molecule has 0 aliphatic rings. The molecule has 2 aromatic heterocycles. The topological polar surface area (TPSA) is 52.1 Å². The van der Waals surface area contributed by atoms with Gasteiger partial charge in [0.05, 0.1) is 34.4 Å². The third kappa shape index (κ3) is 2.09. The molecule has 20 heavy (non-hydrogen) atoms. The number of para-hydroxylation sites is 1. The molecule has 0 aliphatic carbocycles. The van der Waals surface area contributed by atoms with Crippen LogP contribution in [-0.4, -0.2) is 22.5 Å². The summed E-state index contributed by atoms with van der Waals surface area (Å²) in [5.74, 6) is -0.352. The number of carbonyl (C=O) groups is 1. The molecule has 0 spiro atoms. The Morgan fingerprint density at radius 3 is 2.65 bits per heavy atom. The quantitative estimate of drug-likeness (QED) is 0.527. The maximum atomic E-state index is 11.9. The van der Waals surface area contributed by atoms with E-state index in [1.54, 1.807) is 19.9 Å². The summed E-state index contributed by atoms with van der Waals surface area (Å²) in [6, 6.07) is 11.6. The smallest absolute Gasteiger partial charge is 0.340 e. The van der Waals surface area contributed by atoms with Crippen LogP contribution in [0.5, 0.6) is 0 Å². The van der Waals surface area contributed by atoms with Crippen LogP contribution in [0.1, 0.15) is 23.0 Å². The molecule has 0 amide bonds. The maximum absolute atomic E-state index is 11.9. The Hall–Kier alpha value is -2.49. The SMILES string of the molecule is CCOC(=O)c1cc2nc3ccccc3cc2nc1C. The van der Waals surface area contributed by atoms with Gasteiger partial charge in [-0.2, -0.15) is 0 Å². The zero-order valence-corrected chi connectivity index (χ0v) is 11.4. The van der Waals surface area contributed by atoms with E-state index in [0.717, 1.165) is 16.4 Å². The van der Waals surface area contributed by atoms with Crippen molar-refractivity contribution in [2.75, 3.05) is 6.61 Å². The highest BCUT2D eigenvalue weighted by Crippen LogP contribution is 2.20. The molecule has 0 fully saturated rings. The first-order chi connectivity index (χ1) is 9.69. The Bertz CT molecular complexity index is 812. The molecule has 3 aromatic rings. The summed E-state index contributed by atoms with van der Waals surface area (Å²) in [6.45, 7) is 3.94. The molecule has 4 heteroatoms. The van der Waals surface area contributed by atoms with Crippen molar-refractivity contribution in [3.05, 3.63) is 47.7 Å². The van der Waals surface area contributed by atoms with E-state index in [0.29, 0.717) is 23.4 Å². The normalized spacial score (nSPS) is 10.9. The third-order valence-electron chi connectivity index (χ3n) is 3.19. The minimum atomic E-state index is -0.352. The molecule has 2 heterocycles. The van der Waals surface area contributed by atoms with Crippen molar-refractivity contribution in [1.82, 2.24) is 9.97 Å². The van der Waals surface area contributed by atoms with Gasteiger partial charge in [-0.25, -0.2) is 9.78 Å². The number of nitrogens with zero attached hydrogens (tertiary/aromatic N) is 2. The minimum Gasteiger partial charge on any atom is -0.462 e. The summed E-state index contributed by atoms with van der Waals surface area (Å²) in [5, 5.41) is 1.04. The Labute approximate surface area is 116 Å². The van der Waals surface area contributed by atoms with E-state index in [1.165, 1.54) is 0 Å². The highest BCUT2D eigenvalue weighted by molar-refractivity contribution is 5.97. The van der Waals surface area contributed by atoms with Gasteiger partial charge in [0.2, 0.25) is 0 Å². The lowest BCUT2D eigenvalue weighted by atomic mass is 10.1. The van der Waals surface area contributed by atoms with Crippen molar-refractivity contribution in [2.24, 2.45) is 0 Å². The van der Waals surface area contributed by atoms with Crippen molar-refractivity contribution in [1.29, 1.82) is 0 Å². The standard InChI is InChI=1S/C16H14N2O2/c1-3-20-16(19)12-9-15-14(17-10(12)2)8-11-6-4-5-7-13(11)18-15/h4-9H,3H2,1-2H3. The minimum absolute atomic E-state index is 0.349. The summed E-state index contributed by atoms with van der Waals surface area (Å²) < 4.78 is 5.04. The highest BCUT2D eigenvalue weighted by Gasteiger charge is 2.13. The number of carbonyl (C=O) groups excluding carboxylic acids is 1. The lowest BCUT2D eigenvalue weighted by molar-refractivity contribution is 0.0525. The Balaban J connectivity index is 2.23. The summed E-state index contributed by atoms with van der Waals surface area (Å²) in [4.78, 5) is 20.9. The van der Waals surface area contributed by atoms with Crippen molar-refractivity contribution in [3.8, 4) is 0 Å². The number of hydrogen-bond acceptors (Lipinski definition) is 4. The fourth-order valence-electron chi connectivity index (χ4n) is 2.21. The summed E-state index contributed by atoms with van der Waals surface area (Å²) >= 11 is 0.